The fourth-order valence-electron chi connectivity index (χ4n) is 9.22. The molecule has 1 N–H and O–H groups in total. The molecule has 4 fully saturated rings. The Bertz CT molecular complexity index is 1180. The van der Waals surface area contributed by atoms with Gasteiger partial charge in [-0.1, -0.05) is 13.8 Å². The van der Waals surface area contributed by atoms with Gasteiger partial charge in [-0.05, 0) is 98.5 Å². The van der Waals surface area contributed by atoms with E-state index in [9.17, 15) is 14.7 Å². The van der Waals surface area contributed by atoms with Crippen molar-refractivity contribution >= 4 is 0 Å². The molecular weight excluding hydrogens is 428 g/mol. The van der Waals surface area contributed by atoms with Crippen LogP contribution in [-0.2, 0) is 0 Å². The molecule has 4 saturated carbocycles. The predicted octanol–water partition coefficient (Wildman–Crippen LogP) is 4.68. The lowest BCUT2D eigenvalue weighted by molar-refractivity contribution is -0.202. The lowest BCUT2D eigenvalue weighted by Crippen LogP contribution is -2.61. The molecule has 8 atom stereocenters. The Morgan fingerprint density at radius 2 is 1.88 bits per heavy atom. The second-order valence-electron chi connectivity index (χ2n) is 12.1. The molecule has 0 bridgehead atoms. The average Bonchev–Trinajstić information content (AvgIpc) is 3.11. The van der Waals surface area contributed by atoms with Crippen LogP contribution in [0.5, 0.6) is 0 Å². The second-order valence-corrected chi connectivity index (χ2v) is 12.1. The first kappa shape index (κ1) is 22.3. The van der Waals surface area contributed by atoms with Crippen molar-refractivity contribution < 1.29 is 9.52 Å². The van der Waals surface area contributed by atoms with Crippen LogP contribution in [0.15, 0.2) is 51.0 Å². The van der Waals surface area contributed by atoms with Gasteiger partial charge >= 0.3 is 5.63 Å². The van der Waals surface area contributed by atoms with Gasteiger partial charge in [0.15, 0.2) is 0 Å². The first-order valence-corrected chi connectivity index (χ1v) is 13.1. The van der Waals surface area contributed by atoms with Gasteiger partial charge in [0.25, 0.3) is 5.56 Å². The normalized spacial score (nSPS) is 43.6. The minimum Gasteiger partial charge on any atom is -0.431 e. The monoisotopic (exact) mass is 464 g/mol. The highest BCUT2D eigenvalue weighted by molar-refractivity contribution is 5.27. The van der Waals surface area contributed by atoms with Crippen LogP contribution in [0.2, 0.25) is 0 Å². The molecule has 2 heterocycles. The van der Waals surface area contributed by atoms with E-state index in [0.717, 1.165) is 63.4 Å². The summed E-state index contributed by atoms with van der Waals surface area (Å²) in [5.74, 6) is 1.64. The van der Waals surface area contributed by atoms with Gasteiger partial charge in [-0.2, -0.15) is 0 Å². The van der Waals surface area contributed by atoms with Crippen molar-refractivity contribution in [1.82, 2.24) is 9.55 Å². The topological polar surface area (TPSA) is 85.3 Å². The summed E-state index contributed by atoms with van der Waals surface area (Å²) in [5.41, 5.74) is 0.0790. The Kier molecular flexibility index (Phi) is 5.01. The molecule has 6 rings (SSSR count). The molecule has 0 spiro atoms. The lowest BCUT2D eigenvalue weighted by atomic mass is 9.43. The highest BCUT2D eigenvalue weighted by Crippen LogP contribution is 2.70. The van der Waals surface area contributed by atoms with Gasteiger partial charge < -0.3 is 14.1 Å². The van der Waals surface area contributed by atoms with Crippen molar-refractivity contribution in [3.05, 3.63) is 63.3 Å². The van der Waals surface area contributed by atoms with Crippen LogP contribution in [0.25, 0.3) is 0 Å². The smallest absolute Gasteiger partial charge is 0.335 e. The SMILES string of the molecule is C[C@]12CC[C@H](n3ccncc3=O)C[C@H]1CC[C@@H]1[C@@H]2CC[C@]2(C)[C@@H](c3ccc(=O)oc3)CC[C@]12O. The fourth-order valence-corrected chi connectivity index (χ4v) is 9.22. The molecule has 0 unspecified atom stereocenters. The van der Waals surface area contributed by atoms with Gasteiger partial charge in [0, 0.05) is 29.9 Å². The van der Waals surface area contributed by atoms with E-state index in [1.54, 1.807) is 12.5 Å². The van der Waals surface area contributed by atoms with Gasteiger partial charge in [0.2, 0.25) is 0 Å². The lowest BCUT2D eigenvalue weighted by Gasteiger charge is -2.63. The minimum atomic E-state index is -0.677. The number of hydrogen-bond acceptors (Lipinski definition) is 5. The maximum absolute atomic E-state index is 12.4. The fraction of sp³-hybridized carbons (Fsp3) is 0.679. The largest absolute Gasteiger partial charge is 0.431 e. The van der Waals surface area contributed by atoms with E-state index in [-0.39, 0.29) is 34.0 Å². The summed E-state index contributed by atoms with van der Waals surface area (Å²) in [7, 11) is 0. The number of aliphatic hydroxyl groups is 1. The summed E-state index contributed by atoms with van der Waals surface area (Å²) in [6.45, 7) is 4.76. The maximum Gasteiger partial charge on any atom is 0.335 e. The molecule has 4 aliphatic rings. The van der Waals surface area contributed by atoms with Crippen molar-refractivity contribution in [3.63, 3.8) is 0 Å². The van der Waals surface area contributed by atoms with E-state index in [4.69, 9.17) is 4.42 Å². The molecule has 0 aliphatic heterocycles. The van der Waals surface area contributed by atoms with Crippen LogP contribution in [-0.4, -0.2) is 20.3 Å². The van der Waals surface area contributed by atoms with E-state index in [2.05, 4.69) is 18.8 Å². The van der Waals surface area contributed by atoms with Crippen molar-refractivity contribution in [3.8, 4) is 0 Å². The Balaban J connectivity index is 1.27. The third kappa shape index (κ3) is 3.00. The first-order valence-electron chi connectivity index (χ1n) is 13.1. The van der Waals surface area contributed by atoms with E-state index in [0.29, 0.717) is 17.8 Å². The molecule has 2 aromatic heterocycles. The van der Waals surface area contributed by atoms with Crippen LogP contribution >= 0.6 is 0 Å². The Labute approximate surface area is 200 Å². The summed E-state index contributed by atoms with van der Waals surface area (Å²) in [4.78, 5) is 27.9. The van der Waals surface area contributed by atoms with Gasteiger partial charge in [-0.3, -0.25) is 9.78 Å². The van der Waals surface area contributed by atoms with Crippen LogP contribution in [0.3, 0.4) is 0 Å². The third-order valence-electron chi connectivity index (χ3n) is 11.1. The number of nitrogens with zero attached hydrogens (tertiary/aromatic N) is 2. The van der Waals surface area contributed by atoms with Crippen molar-refractivity contribution in [2.45, 2.75) is 89.2 Å². The summed E-state index contributed by atoms with van der Waals surface area (Å²) in [5, 5.41) is 12.4. The molecule has 182 valence electrons. The Morgan fingerprint density at radius 1 is 1.03 bits per heavy atom. The standard InChI is InChI=1S/C28H36N2O4/c1-26-10-7-20(30-14-13-29-16-24(30)31)15-19(26)4-5-23-22(26)8-11-27(2)21(9-12-28(23,27)33)18-3-6-25(32)34-17-18/h3,6,13-14,16-17,19-23,33H,4-5,7-12,15H2,1-2H3/t19-,20+,21-,22+,23-,26+,27-,28+/m1/s1. The van der Waals surface area contributed by atoms with Gasteiger partial charge in [0.1, 0.15) is 0 Å². The zero-order chi connectivity index (χ0) is 23.7. The summed E-state index contributed by atoms with van der Waals surface area (Å²) < 4.78 is 7.10. The number of fused-ring (bicyclic) bond motifs is 5. The highest BCUT2D eigenvalue weighted by Gasteiger charge is 2.67. The van der Waals surface area contributed by atoms with E-state index in [1.165, 1.54) is 12.3 Å². The molecule has 2 aromatic rings. The first-order chi connectivity index (χ1) is 16.3. The minimum absolute atomic E-state index is 0.00118. The molecule has 6 heteroatoms. The molecule has 0 saturated heterocycles. The number of aromatic nitrogens is 2. The molecule has 34 heavy (non-hydrogen) atoms. The Morgan fingerprint density at radius 3 is 2.65 bits per heavy atom. The summed E-state index contributed by atoms with van der Waals surface area (Å²) in [6, 6.07) is 3.67. The number of hydrogen-bond donors (Lipinski definition) is 1. The zero-order valence-electron chi connectivity index (χ0n) is 20.3. The van der Waals surface area contributed by atoms with Crippen molar-refractivity contribution in [2.75, 3.05) is 0 Å². The zero-order valence-corrected chi connectivity index (χ0v) is 20.3. The van der Waals surface area contributed by atoms with Crippen LogP contribution in [0, 0.1) is 28.6 Å². The van der Waals surface area contributed by atoms with Crippen LogP contribution < -0.4 is 11.2 Å². The molecular formula is C28H36N2O4. The maximum atomic E-state index is 12.4. The third-order valence-corrected chi connectivity index (χ3v) is 11.1. The van der Waals surface area contributed by atoms with E-state index >= 15 is 0 Å². The summed E-state index contributed by atoms with van der Waals surface area (Å²) in [6.07, 6.45) is 15.9. The molecule has 0 radical (unpaired) electrons. The molecule has 0 amide bonds. The predicted molar refractivity (Wildman–Crippen MR) is 128 cm³/mol. The second kappa shape index (κ2) is 7.64. The highest BCUT2D eigenvalue weighted by atomic mass is 16.4. The van der Waals surface area contributed by atoms with Crippen LogP contribution in [0.4, 0.5) is 0 Å². The summed E-state index contributed by atoms with van der Waals surface area (Å²) >= 11 is 0. The van der Waals surface area contributed by atoms with Crippen molar-refractivity contribution in [1.29, 1.82) is 0 Å². The quantitative estimate of drug-likeness (QED) is 0.698. The molecule has 4 aliphatic carbocycles. The molecule has 6 nitrogen and oxygen atoms in total. The number of rotatable bonds is 2. The van der Waals surface area contributed by atoms with Crippen LogP contribution in [0.1, 0.15) is 89.2 Å². The van der Waals surface area contributed by atoms with E-state index < -0.39 is 5.60 Å². The van der Waals surface area contributed by atoms with Gasteiger partial charge in [-0.25, -0.2) is 4.79 Å². The van der Waals surface area contributed by atoms with Gasteiger partial charge in [-0.15, -0.1) is 0 Å². The van der Waals surface area contributed by atoms with E-state index in [1.807, 2.05) is 16.8 Å². The molecule has 0 aromatic carbocycles. The average molecular weight is 465 g/mol. The van der Waals surface area contributed by atoms with Crippen molar-refractivity contribution in [2.24, 2.45) is 28.6 Å². The van der Waals surface area contributed by atoms with Gasteiger partial charge in [0.05, 0.1) is 18.1 Å². The Hall–Kier alpha value is -2.21.